The Hall–Kier alpha value is 0.0249. The van der Waals surface area contributed by atoms with Crippen LogP contribution in [0.25, 0.3) is 0 Å². The Morgan fingerprint density at radius 1 is 1.17 bits per heavy atom. The van der Waals surface area contributed by atoms with E-state index in [0.717, 1.165) is 5.82 Å². The highest BCUT2D eigenvalue weighted by Crippen LogP contribution is 2.53. The molecule has 0 bridgehead atoms. The van der Waals surface area contributed by atoms with Gasteiger partial charge in [-0.05, 0) is 33.0 Å². The average molecular weight is 368 g/mol. The molecule has 1 fully saturated rings. The summed E-state index contributed by atoms with van der Waals surface area (Å²) in [4.78, 5) is 27.6. The van der Waals surface area contributed by atoms with Gasteiger partial charge in [0.2, 0.25) is 0 Å². The Bertz CT molecular complexity index is 526. The SMILES string of the molecule is [B][C@H]1C[C@H](/C=C/P(=O)(O)O)[C@@H](OC)[C@H]1OP(=O)(O)OC(C)(C)C. The summed E-state index contributed by atoms with van der Waals surface area (Å²) in [5, 5.41) is 0. The first-order valence-electron chi connectivity index (χ1n) is 6.99. The summed E-state index contributed by atoms with van der Waals surface area (Å²) in [7, 11) is -1.39. The first-order chi connectivity index (χ1) is 10.2. The van der Waals surface area contributed by atoms with E-state index in [4.69, 9.17) is 31.4 Å². The van der Waals surface area contributed by atoms with Gasteiger partial charge in [0.1, 0.15) is 0 Å². The van der Waals surface area contributed by atoms with E-state index >= 15 is 0 Å². The molecule has 0 spiro atoms. The molecule has 0 aromatic heterocycles. The zero-order chi connectivity index (χ0) is 18.1. The molecule has 0 saturated heterocycles. The molecular formula is C12H23BO8P2. The van der Waals surface area contributed by atoms with Gasteiger partial charge in [0.15, 0.2) is 0 Å². The van der Waals surface area contributed by atoms with Crippen LogP contribution in [-0.4, -0.2) is 47.4 Å². The summed E-state index contributed by atoms with van der Waals surface area (Å²) in [5.74, 6) is -0.333. The van der Waals surface area contributed by atoms with Crippen molar-refractivity contribution in [3.05, 3.63) is 11.9 Å². The smallest absolute Gasteiger partial charge is 0.378 e. The quantitative estimate of drug-likeness (QED) is 0.481. The molecule has 0 aromatic carbocycles. The van der Waals surface area contributed by atoms with Crippen LogP contribution in [0.3, 0.4) is 0 Å². The second kappa shape index (κ2) is 7.50. The number of phosphoric acid groups is 1. The number of hydrogen-bond acceptors (Lipinski definition) is 5. The lowest BCUT2D eigenvalue weighted by Gasteiger charge is -2.29. The fourth-order valence-corrected chi connectivity index (χ4v) is 4.21. The Balaban J connectivity index is 2.89. The van der Waals surface area contributed by atoms with Crippen LogP contribution >= 0.6 is 15.4 Å². The maximum absolute atomic E-state index is 12.1. The zero-order valence-electron chi connectivity index (χ0n) is 13.5. The molecule has 1 unspecified atom stereocenters. The third-order valence-corrected chi connectivity index (χ3v) is 5.00. The summed E-state index contributed by atoms with van der Waals surface area (Å²) in [6.45, 7) is 4.81. The molecule has 1 rings (SSSR count). The van der Waals surface area contributed by atoms with Crippen molar-refractivity contribution in [2.75, 3.05) is 7.11 Å². The van der Waals surface area contributed by atoms with E-state index in [1.165, 1.54) is 13.2 Å². The molecule has 0 aromatic rings. The molecule has 0 heterocycles. The highest BCUT2D eigenvalue weighted by molar-refractivity contribution is 7.55. The number of methoxy groups -OCH3 is 1. The molecule has 1 saturated carbocycles. The van der Waals surface area contributed by atoms with Crippen LogP contribution in [0.2, 0.25) is 5.82 Å². The minimum Gasteiger partial charge on any atom is -0.378 e. The van der Waals surface area contributed by atoms with Crippen LogP contribution in [0.5, 0.6) is 0 Å². The van der Waals surface area contributed by atoms with Crippen LogP contribution in [0.1, 0.15) is 27.2 Å². The van der Waals surface area contributed by atoms with Crippen molar-refractivity contribution < 1.29 is 37.6 Å². The molecule has 132 valence electrons. The van der Waals surface area contributed by atoms with Gasteiger partial charge in [-0.2, -0.15) is 0 Å². The van der Waals surface area contributed by atoms with E-state index in [2.05, 4.69) is 0 Å². The lowest BCUT2D eigenvalue weighted by molar-refractivity contribution is -0.0215. The van der Waals surface area contributed by atoms with Crippen LogP contribution in [0.15, 0.2) is 11.9 Å². The minimum absolute atomic E-state index is 0.287. The van der Waals surface area contributed by atoms with Gasteiger partial charge in [0.05, 0.1) is 25.7 Å². The first-order valence-corrected chi connectivity index (χ1v) is 10.2. The Morgan fingerprint density at radius 3 is 2.17 bits per heavy atom. The average Bonchev–Trinajstić information content (AvgIpc) is 2.58. The monoisotopic (exact) mass is 368 g/mol. The van der Waals surface area contributed by atoms with Gasteiger partial charge >= 0.3 is 15.4 Å². The van der Waals surface area contributed by atoms with Crippen LogP contribution in [-0.2, 0) is 22.9 Å². The molecule has 23 heavy (non-hydrogen) atoms. The molecule has 0 amide bonds. The second-order valence-electron chi connectivity index (χ2n) is 6.44. The lowest BCUT2D eigenvalue weighted by atomic mass is 9.84. The summed E-state index contributed by atoms with van der Waals surface area (Å²) in [6.07, 6.45) is -0.0817. The van der Waals surface area contributed by atoms with E-state index < -0.39 is 45.0 Å². The number of rotatable bonds is 6. The van der Waals surface area contributed by atoms with Crippen molar-refractivity contribution in [3.8, 4) is 0 Å². The summed E-state index contributed by atoms with van der Waals surface area (Å²) < 4.78 is 38.4. The van der Waals surface area contributed by atoms with E-state index in [-0.39, 0.29) is 6.42 Å². The molecule has 8 nitrogen and oxygen atoms in total. The molecule has 3 N–H and O–H groups in total. The maximum Gasteiger partial charge on any atom is 0.473 e. The van der Waals surface area contributed by atoms with Gasteiger partial charge in [-0.25, -0.2) is 4.57 Å². The zero-order valence-corrected chi connectivity index (χ0v) is 15.3. The standard InChI is InChI=1S/C12H23BO8P2/c1-12(2,3)21-23(17,18)20-11-9(13)7-8(10(11)19-4)5-6-22(14,15)16/h5-6,8-11H,7H2,1-4H3,(H,17,18)(H2,14,15,16)/b6-5+/t8-,9-,10+,11-/m0/s1. The highest BCUT2D eigenvalue weighted by atomic mass is 31.2. The van der Waals surface area contributed by atoms with Crippen molar-refractivity contribution in [1.82, 2.24) is 0 Å². The van der Waals surface area contributed by atoms with Gasteiger partial charge in [0, 0.05) is 18.8 Å². The predicted octanol–water partition coefficient (Wildman–Crippen LogP) is 1.97. The molecule has 11 heteroatoms. The van der Waals surface area contributed by atoms with Crippen molar-refractivity contribution in [3.63, 3.8) is 0 Å². The van der Waals surface area contributed by atoms with E-state index in [0.29, 0.717) is 0 Å². The predicted molar refractivity (Wildman–Crippen MR) is 85.1 cm³/mol. The van der Waals surface area contributed by atoms with Gasteiger partial charge in [-0.3, -0.25) is 13.6 Å². The van der Waals surface area contributed by atoms with Gasteiger partial charge in [-0.15, -0.1) is 0 Å². The van der Waals surface area contributed by atoms with Gasteiger partial charge in [0.25, 0.3) is 0 Å². The molecule has 1 aliphatic rings. The van der Waals surface area contributed by atoms with Crippen molar-refractivity contribution >= 4 is 23.3 Å². The Labute approximate surface area is 137 Å². The largest absolute Gasteiger partial charge is 0.473 e. The third-order valence-electron chi connectivity index (χ3n) is 3.16. The van der Waals surface area contributed by atoms with E-state index in [1.807, 2.05) is 0 Å². The highest BCUT2D eigenvalue weighted by Gasteiger charge is 2.45. The van der Waals surface area contributed by atoms with Crippen LogP contribution in [0.4, 0.5) is 0 Å². The van der Waals surface area contributed by atoms with Gasteiger partial charge in [-0.1, -0.05) is 6.08 Å². The minimum atomic E-state index is -4.37. The van der Waals surface area contributed by atoms with Crippen molar-refractivity contribution in [2.24, 2.45) is 5.92 Å². The van der Waals surface area contributed by atoms with E-state index in [1.54, 1.807) is 20.8 Å². The summed E-state index contributed by atoms with van der Waals surface area (Å²) in [5.41, 5.74) is -0.894. The van der Waals surface area contributed by atoms with Crippen LogP contribution < -0.4 is 0 Å². The van der Waals surface area contributed by atoms with E-state index in [9.17, 15) is 14.0 Å². The number of phosphoric ester groups is 1. The number of ether oxygens (including phenoxy) is 1. The Kier molecular flexibility index (Phi) is 6.87. The summed E-state index contributed by atoms with van der Waals surface area (Å²) in [6, 6.07) is 0. The fourth-order valence-electron chi connectivity index (χ4n) is 2.45. The molecular weight excluding hydrogens is 345 g/mol. The summed E-state index contributed by atoms with van der Waals surface area (Å²) >= 11 is 0. The molecule has 5 atom stereocenters. The van der Waals surface area contributed by atoms with Crippen molar-refractivity contribution in [2.45, 2.75) is 50.8 Å². The number of hydrogen-bond donors (Lipinski definition) is 3. The first kappa shape index (κ1) is 21.1. The van der Waals surface area contributed by atoms with Gasteiger partial charge < -0.3 is 19.4 Å². The third kappa shape index (κ3) is 7.20. The maximum atomic E-state index is 12.1. The molecule has 2 radical (unpaired) electrons. The van der Waals surface area contributed by atoms with Crippen molar-refractivity contribution in [1.29, 1.82) is 0 Å². The fraction of sp³-hybridized carbons (Fsp3) is 0.833. The molecule has 0 aliphatic heterocycles. The topological polar surface area (TPSA) is 123 Å². The Morgan fingerprint density at radius 2 is 1.74 bits per heavy atom. The lowest BCUT2D eigenvalue weighted by Crippen LogP contribution is -2.31. The second-order valence-corrected chi connectivity index (χ2v) is 9.24. The molecule has 1 aliphatic carbocycles. The van der Waals surface area contributed by atoms with Crippen LogP contribution in [0, 0.1) is 5.92 Å². The normalized spacial score (nSPS) is 32.3.